The second kappa shape index (κ2) is 7.03. The molecule has 0 N–H and O–H groups in total. The zero-order chi connectivity index (χ0) is 15.4. The van der Waals surface area contributed by atoms with Crippen LogP contribution in [0.25, 0.3) is 0 Å². The standard InChI is InChI=1S/C15H29NO3S/c1-5-20(18,19)11-7-9-14(17)15(16(3)4)10-6-8-13(2)12-15/h13H,5-12H2,1-4H3. The van der Waals surface area contributed by atoms with Gasteiger partial charge in [0.1, 0.15) is 9.84 Å². The van der Waals surface area contributed by atoms with E-state index >= 15 is 0 Å². The van der Waals surface area contributed by atoms with Gasteiger partial charge in [-0.3, -0.25) is 9.69 Å². The van der Waals surface area contributed by atoms with E-state index < -0.39 is 9.84 Å². The summed E-state index contributed by atoms with van der Waals surface area (Å²) >= 11 is 0. The number of Topliss-reactive ketones (excluding diaryl/α,β-unsaturated/α-hetero) is 1. The number of likely N-dealkylation sites (N-methyl/N-ethyl adjacent to an activating group) is 1. The van der Waals surface area contributed by atoms with Crippen LogP contribution in [0.15, 0.2) is 0 Å². The van der Waals surface area contributed by atoms with E-state index in [0.29, 0.717) is 18.8 Å². The molecule has 20 heavy (non-hydrogen) atoms. The molecule has 4 nitrogen and oxygen atoms in total. The highest BCUT2D eigenvalue weighted by molar-refractivity contribution is 7.91. The average Bonchev–Trinajstić information content (AvgIpc) is 2.38. The first-order valence-electron chi connectivity index (χ1n) is 7.64. The molecule has 1 aliphatic carbocycles. The van der Waals surface area contributed by atoms with Crippen LogP contribution < -0.4 is 0 Å². The van der Waals surface area contributed by atoms with Crippen LogP contribution in [0.2, 0.25) is 0 Å². The Kier molecular flexibility index (Phi) is 6.20. The Morgan fingerprint density at radius 3 is 2.50 bits per heavy atom. The monoisotopic (exact) mass is 303 g/mol. The van der Waals surface area contributed by atoms with Gasteiger partial charge in [0.15, 0.2) is 5.78 Å². The van der Waals surface area contributed by atoms with Gasteiger partial charge in [0, 0.05) is 12.2 Å². The predicted molar refractivity (Wildman–Crippen MR) is 82.6 cm³/mol. The minimum atomic E-state index is -2.96. The number of hydrogen-bond donors (Lipinski definition) is 0. The van der Waals surface area contributed by atoms with E-state index in [1.54, 1.807) is 6.92 Å². The zero-order valence-electron chi connectivity index (χ0n) is 13.3. The number of carbonyl (C=O) groups is 1. The van der Waals surface area contributed by atoms with Crippen LogP contribution in [0.1, 0.15) is 52.4 Å². The minimum Gasteiger partial charge on any atom is -0.298 e. The number of ketones is 1. The molecular formula is C15H29NO3S. The van der Waals surface area contributed by atoms with Gasteiger partial charge >= 0.3 is 0 Å². The van der Waals surface area contributed by atoms with E-state index in [4.69, 9.17) is 0 Å². The number of rotatable bonds is 7. The largest absolute Gasteiger partial charge is 0.298 e. The van der Waals surface area contributed by atoms with Crippen molar-refractivity contribution < 1.29 is 13.2 Å². The first kappa shape index (κ1) is 17.6. The van der Waals surface area contributed by atoms with Crippen molar-refractivity contribution >= 4 is 15.6 Å². The summed E-state index contributed by atoms with van der Waals surface area (Å²) in [7, 11) is 0.979. The topological polar surface area (TPSA) is 54.5 Å². The van der Waals surface area contributed by atoms with Crippen molar-refractivity contribution in [2.75, 3.05) is 25.6 Å². The number of nitrogens with zero attached hydrogens (tertiary/aromatic N) is 1. The van der Waals surface area contributed by atoms with Crippen molar-refractivity contribution in [1.82, 2.24) is 4.90 Å². The Hall–Kier alpha value is -0.420. The van der Waals surface area contributed by atoms with Crippen molar-refractivity contribution in [3.8, 4) is 0 Å². The van der Waals surface area contributed by atoms with E-state index in [9.17, 15) is 13.2 Å². The van der Waals surface area contributed by atoms with Crippen LogP contribution in [-0.4, -0.2) is 50.2 Å². The lowest BCUT2D eigenvalue weighted by Gasteiger charge is -2.44. The quantitative estimate of drug-likeness (QED) is 0.724. The van der Waals surface area contributed by atoms with Crippen molar-refractivity contribution in [3.05, 3.63) is 0 Å². The highest BCUT2D eigenvalue weighted by Gasteiger charge is 2.42. The molecule has 5 heteroatoms. The van der Waals surface area contributed by atoms with Crippen LogP contribution in [0, 0.1) is 5.92 Å². The third kappa shape index (κ3) is 4.29. The van der Waals surface area contributed by atoms with Gasteiger partial charge in [0.05, 0.1) is 11.3 Å². The Morgan fingerprint density at radius 1 is 1.35 bits per heavy atom. The summed E-state index contributed by atoms with van der Waals surface area (Å²) in [5.41, 5.74) is -0.367. The molecule has 0 amide bonds. The smallest absolute Gasteiger partial charge is 0.153 e. The fraction of sp³-hybridized carbons (Fsp3) is 0.933. The molecule has 0 aromatic carbocycles. The Balaban J connectivity index is 2.66. The molecule has 1 aliphatic rings. The van der Waals surface area contributed by atoms with Crippen LogP contribution in [0.3, 0.4) is 0 Å². The molecule has 2 atom stereocenters. The van der Waals surface area contributed by atoms with Gasteiger partial charge in [-0.15, -0.1) is 0 Å². The van der Waals surface area contributed by atoms with Gasteiger partial charge in [-0.05, 0) is 39.3 Å². The third-order valence-corrected chi connectivity index (χ3v) is 6.44. The van der Waals surface area contributed by atoms with E-state index in [1.165, 1.54) is 6.42 Å². The second-order valence-corrected chi connectivity index (χ2v) is 8.86. The normalized spacial score (nSPS) is 27.8. The lowest BCUT2D eigenvalue weighted by molar-refractivity contribution is -0.132. The van der Waals surface area contributed by atoms with Crippen molar-refractivity contribution in [2.24, 2.45) is 5.92 Å². The van der Waals surface area contributed by atoms with E-state index in [0.717, 1.165) is 19.3 Å². The Bertz CT molecular complexity index is 430. The maximum Gasteiger partial charge on any atom is 0.153 e. The van der Waals surface area contributed by atoms with Gasteiger partial charge in [-0.2, -0.15) is 0 Å². The molecule has 0 aromatic rings. The summed E-state index contributed by atoms with van der Waals surface area (Å²) in [5, 5.41) is 0. The predicted octanol–water partition coefficient (Wildman–Crippen LogP) is 2.28. The lowest BCUT2D eigenvalue weighted by Crippen LogP contribution is -2.53. The molecule has 118 valence electrons. The van der Waals surface area contributed by atoms with Gasteiger partial charge in [0.2, 0.25) is 0 Å². The molecule has 0 aromatic heterocycles. The molecule has 2 unspecified atom stereocenters. The molecule has 0 radical (unpaired) electrons. The van der Waals surface area contributed by atoms with Crippen molar-refractivity contribution in [2.45, 2.75) is 57.9 Å². The molecular weight excluding hydrogens is 274 g/mol. The molecule has 1 saturated carbocycles. The fourth-order valence-electron chi connectivity index (χ4n) is 3.26. The van der Waals surface area contributed by atoms with Crippen LogP contribution >= 0.6 is 0 Å². The second-order valence-electron chi connectivity index (χ2n) is 6.39. The van der Waals surface area contributed by atoms with Gasteiger partial charge in [-0.1, -0.05) is 26.7 Å². The molecule has 0 saturated heterocycles. The average molecular weight is 303 g/mol. The van der Waals surface area contributed by atoms with Crippen LogP contribution in [0.4, 0.5) is 0 Å². The SMILES string of the molecule is CCS(=O)(=O)CCCC(=O)C1(N(C)C)CCCC(C)C1. The highest BCUT2D eigenvalue weighted by atomic mass is 32.2. The number of carbonyl (C=O) groups excluding carboxylic acids is 1. The molecule has 0 bridgehead atoms. The highest BCUT2D eigenvalue weighted by Crippen LogP contribution is 2.37. The van der Waals surface area contributed by atoms with Gasteiger partial charge in [-0.25, -0.2) is 8.42 Å². The first-order chi connectivity index (χ1) is 9.23. The summed E-state index contributed by atoms with van der Waals surface area (Å²) in [6, 6.07) is 0. The molecule has 0 heterocycles. The van der Waals surface area contributed by atoms with Crippen molar-refractivity contribution in [1.29, 1.82) is 0 Å². The minimum absolute atomic E-state index is 0.133. The Morgan fingerprint density at radius 2 is 2.00 bits per heavy atom. The van der Waals surface area contributed by atoms with Gasteiger partial charge < -0.3 is 0 Å². The summed E-state index contributed by atoms with van der Waals surface area (Å²) < 4.78 is 23.0. The van der Waals surface area contributed by atoms with Crippen molar-refractivity contribution in [3.63, 3.8) is 0 Å². The number of sulfone groups is 1. The third-order valence-electron chi connectivity index (χ3n) is 4.65. The maximum absolute atomic E-state index is 12.6. The molecule has 0 aliphatic heterocycles. The summed E-state index contributed by atoms with van der Waals surface area (Å²) in [6.07, 6.45) is 4.91. The maximum atomic E-state index is 12.6. The van der Waals surface area contributed by atoms with Crippen LogP contribution in [0.5, 0.6) is 0 Å². The van der Waals surface area contributed by atoms with Crippen LogP contribution in [-0.2, 0) is 14.6 Å². The first-order valence-corrected chi connectivity index (χ1v) is 9.47. The Labute approximate surface area is 123 Å². The van der Waals surface area contributed by atoms with E-state index in [1.807, 2.05) is 14.1 Å². The van der Waals surface area contributed by atoms with E-state index in [-0.39, 0.29) is 22.8 Å². The summed E-state index contributed by atoms with van der Waals surface area (Å²) in [6.45, 7) is 3.85. The number of hydrogen-bond acceptors (Lipinski definition) is 4. The lowest BCUT2D eigenvalue weighted by atomic mass is 9.72. The molecule has 0 spiro atoms. The zero-order valence-corrected chi connectivity index (χ0v) is 14.1. The fourth-order valence-corrected chi connectivity index (χ4v) is 4.13. The van der Waals surface area contributed by atoms with Gasteiger partial charge in [0.25, 0.3) is 0 Å². The molecule has 1 rings (SSSR count). The summed E-state index contributed by atoms with van der Waals surface area (Å²) in [4.78, 5) is 14.7. The summed E-state index contributed by atoms with van der Waals surface area (Å²) in [5.74, 6) is 1.08. The molecule has 1 fully saturated rings. The van der Waals surface area contributed by atoms with E-state index in [2.05, 4.69) is 11.8 Å².